The molecule has 0 spiro atoms. The SMILES string of the molecule is CC(C)[C@H]1CN(C2CCN(c3ccccn3)CC2)[C@@H](Cc2ccc(Cl)cc2)CN1CC(=O)OC(C)(C)C. The Hall–Kier alpha value is -2.15. The Balaban J connectivity index is 1.52. The summed E-state index contributed by atoms with van der Waals surface area (Å²) in [6.07, 6.45) is 5.04. The molecule has 0 radical (unpaired) electrons. The lowest BCUT2D eigenvalue weighted by atomic mass is 9.90. The van der Waals surface area contributed by atoms with Crippen LogP contribution in [0.5, 0.6) is 0 Å². The molecule has 2 fully saturated rings. The summed E-state index contributed by atoms with van der Waals surface area (Å²) >= 11 is 6.18. The zero-order chi connectivity index (χ0) is 26.6. The number of anilines is 1. The number of esters is 1. The maximum atomic E-state index is 12.8. The van der Waals surface area contributed by atoms with E-state index in [1.54, 1.807) is 0 Å². The number of pyridine rings is 1. The summed E-state index contributed by atoms with van der Waals surface area (Å²) < 4.78 is 5.71. The molecule has 2 aromatic rings. The summed E-state index contributed by atoms with van der Waals surface area (Å²) in [4.78, 5) is 24.9. The molecule has 0 amide bonds. The van der Waals surface area contributed by atoms with Gasteiger partial charge in [-0.15, -0.1) is 0 Å². The van der Waals surface area contributed by atoms with Crippen molar-refractivity contribution in [1.29, 1.82) is 0 Å². The van der Waals surface area contributed by atoms with Gasteiger partial charge in [0.15, 0.2) is 0 Å². The summed E-state index contributed by atoms with van der Waals surface area (Å²) in [7, 11) is 0. The van der Waals surface area contributed by atoms with Crippen LogP contribution in [0.3, 0.4) is 0 Å². The molecule has 2 aliphatic rings. The normalized spacial score (nSPS) is 22.4. The first kappa shape index (κ1) is 27.9. The summed E-state index contributed by atoms with van der Waals surface area (Å²) in [5.74, 6) is 1.37. The molecule has 2 saturated heterocycles. The van der Waals surface area contributed by atoms with E-state index in [2.05, 4.69) is 57.8 Å². The third kappa shape index (κ3) is 7.68. The van der Waals surface area contributed by atoms with Gasteiger partial charge in [-0.1, -0.05) is 43.6 Å². The van der Waals surface area contributed by atoms with Gasteiger partial charge in [-0.25, -0.2) is 4.98 Å². The summed E-state index contributed by atoms with van der Waals surface area (Å²) in [6, 6.07) is 15.5. The van der Waals surface area contributed by atoms with Crippen molar-refractivity contribution in [2.24, 2.45) is 5.92 Å². The lowest BCUT2D eigenvalue weighted by molar-refractivity contribution is -0.158. The second-order valence-corrected chi connectivity index (χ2v) is 12.4. The fourth-order valence-electron chi connectivity index (χ4n) is 5.83. The molecule has 0 saturated carbocycles. The summed E-state index contributed by atoms with van der Waals surface area (Å²) in [5.41, 5.74) is 0.807. The fraction of sp³-hybridized carbons (Fsp3) is 0.600. The first-order valence-corrected chi connectivity index (χ1v) is 14.1. The van der Waals surface area contributed by atoms with Gasteiger partial charge in [0.05, 0.1) is 6.54 Å². The lowest BCUT2D eigenvalue weighted by Crippen LogP contribution is -2.64. The number of piperidine rings is 1. The van der Waals surface area contributed by atoms with Crippen molar-refractivity contribution >= 4 is 23.4 Å². The van der Waals surface area contributed by atoms with Crippen molar-refractivity contribution in [1.82, 2.24) is 14.8 Å². The molecular formula is C30H43ClN4O2. The molecule has 202 valence electrons. The van der Waals surface area contributed by atoms with Crippen molar-refractivity contribution in [3.05, 3.63) is 59.2 Å². The number of aromatic nitrogens is 1. The van der Waals surface area contributed by atoms with Gasteiger partial charge >= 0.3 is 5.97 Å². The van der Waals surface area contributed by atoms with Crippen LogP contribution in [0, 0.1) is 5.92 Å². The maximum Gasteiger partial charge on any atom is 0.320 e. The van der Waals surface area contributed by atoms with Gasteiger partial charge in [-0.05, 0) is 75.8 Å². The summed E-state index contributed by atoms with van der Waals surface area (Å²) in [5, 5.41) is 0.762. The topological polar surface area (TPSA) is 48.9 Å². The number of ether oxygens (including phenoxy) is 1. The molecule has 4 rings (SSSR count). The van der Waals surface area contributed by atoms with Crippen LogP contribution in [0.1, 0.15) is 53.0 Å². The molecular weight excluding hydrogens is 484 g/mol. The number of hydrogen-bond donors (Lipinski definition) is 0. The van der Waals surface area contributed by atoms with E-state index in [0.29, 0.717) is 30.6 Å². The van der Waals surface area contributed by atoms with Crippen molar-refractivity contribution in [2.45, 2.75) is 77.6 Å². The molecule has 1 aromatic heterocycles. The van der Waals surface area contributed by atoms with Crippen molar-refractivity contribution < 1.29 is 9.53 Å². The van der Waals surface area contributed by atoms with Crippen LogP contribution in [-0.4, -0.2) is 77.2 Å². The van der Waals surface area contributed by atoms with Crippen molar-refractivity contribution in [3.8, 4) is 0 Å². The number of nitrogens with zero attached hydrogens (tertiary/aromatic N) is 4. The lowest BCUT2D eigenvalue weighted by Gasteiger charge is -2.52. The average molecular weight is 527 g/mol. The molecule has 3 heterocycles. The van der Waals surface area contributed by atoms with Gasteiger partial charge in [0, 0.05) is 55.5 Å². The third-order valence-corrected chi connectivity index (χ3v) is 7.85. The molecule has 37 heavy (non-hydrogen) atoms. The van der Waals surface area contributed by atoms with Gasteiger partial charge in [-0.2, -0.15) is 0 Å². The highest BCUT2D eigenvalue weighted by Gasteiger charge is 2.40. The van der Waals surface area contributed by atoms with E-state index in [1.807, 2.05) is 45.2 Å². The highest BCUT2D eigenvalue weighted by molar-refractivity contribution is 6.30. The van der Waals surface area contributed by atoms with Crippen LogP contribution in [0.25, 0.3) is 0 Å². The minimum Gasteiger partial charge on any atom is -0.459 e. The van der Waals surface area contributed by atoms with Gasteiger partial charge in [0.2, 0.25) is 0 Å². The number of hydrogen-bond acceptors (Lipinski definition) is 6. The molecule has 7 heteroatoms. The number of carbonyl (C=O) groups is 1. The fourth-order valence-corrected chi connectivity index (χ4v) is 5.96. The molecule has 0 bridgehead atoms. The van der Waals surface area contributed by atoms with E-state index in [1.165, 1.54) is 5.56 Å². The molecule has 0 unspecified atom stereocenters. The highest BCUT2D eigenvalue weighted by atomic mass is 35.5. The zero-order valence-electron chi connectivity index (χ0n) is 23.1. The Kier molecular flexibility index (Phi) is 9.15. The van der Waals surface area contributed by atoms with Gasteiger partial charge in [0.1, 0.15) is 11.4 Å². The Bertz CT molecular complexity index is 1000. The van der Waals surface area contributed by atoms with E-state index < -0.39 is 5.60 Å². The second-order valence-electron chi connectivity index (χ2n) is 11.9. The van der Waals surface area contributed by atoms with E-state index in [0.717, 1.165) is 56.3 Å². The minimum atomic E-state index is -0.476. The number of benzene rings is 1. The largest absolute Gasteiger partial charge is 0.459 e. The first-order chi connectivity index (χ1) is 17.6. The number of piperazine rings is 1. The Morgan fingerprint density at radius 2 is 1.78 bits per heavy atom. The van der Waals surface area contributed by atoms with Crippen LogP contribution < -0.4 is 4.90 Å². The van der Waals surface area contributed by atoms with Gasteiger partial charge < -0.3 is 9.64 Å². The van der Waals surface area contributed by atoms with Crippen LogP contribution in [-0.2, 0) is 16.0 Å². The molecule has 0 N–H and O–H groups in total. The van der Waals surface area contributed by atoms with E-state index >= 15 is 0 Å². The molecule has 2 atom stereocenters. The Morgan fingerprint density at radius 1 is 1.08 bits per heavy atom. The monoisotopic (exact) mass is 526 g/mol. The highest BCUT2D eigenvalue weighted by Crippen LogP contribution is 2.30. The van der Waals surface area contributed by atoms with E-state index in [-0.39, 0.29) is 5.97 Å². The first-order valence-electron chi connectivity index (χ1n) is 13.7. The quantitative estimate of drug-likeness (QED) is 0.456. The molecule has 0 aliphatic carbocycles. The standard InChI is InChI=1S/C30H43ClN4O2/c1-22(2)27-20-35(25-13-16-33(17-14-25)28-8-6-7-15-32-28)26(18-23-9-11-24(31)12-10-23)19-34(27)21-29(36)37-30(3,4)5/h6-12,15,22,25-27H,13-14,16-21H2,1-5H3/t26-,27+/m0/s1. The van der Waals surface area contributed by atoms with E-state index in [9.17, 15) is 4.79 Å². The number of carbonyl (C=O) groups excluding carboxylic acids is 1. The smallest absolute Gasteiger partial charge is 0.320 e. The van der Waals surface area contributed by atoms with Crippen LogP contribution in [0.4, 0.5) is 5.82 Å². The van der Waals surface area contributed by atoms with Gasteiger partial charge in [0.25, 0.3) is 0 Å². The van der Waals surface area contributed by atoms with Crippen LogP contribution in [0.2, 0.25) is 5.02 Å². The Morgan fingerprint density at radius 3 is 2.38 bits per heavy atom. The van der Waals surface area contributed by atoms with E-state index in [4.69, 9.17) is 16.3 Å². The van der Waals surface area contributed by atoms with Crippen LogP contribution >= 0.6 is 11.6 Å². The number of halogens is 1. The average Bonchev–Trinajstić information content (AvgIpc) is 2.85. The number of rotatable bonds is 7. The molecule has 6 nitrogen and oxygen atoms in total. The minimum absolute atomic E-state index is 0.138. The zero-order valence-corrected chi connectivity index (χ0v) is 23.8. The third-order valence-electron chi connectivity index (χ3n) is 7.59. The van der Waals surface area contributed by atoms with Crippen molar-refractivity contribution in [2.75, 3.05) is 37.6 Å². The van der Waals surface area contributed by atoms with Gasteiger partial charge in [-0.3, -0.25) is 14.6 Å². The van der Waals surface area contributed by atoms with Crippen LogP contribution in [0.15, 0.2) is 48.7 Å². The predicted molar refractivity (Wildman–Crippen MR) is 151 cm³/mol. The van der Waals surface area contributed by atoms with Crippen molar-refractivity contribution in [3.63, 3.8) is 0 Å². The second kappa shape index (κ2) is 12.1. The predicted octanol–water partition coefficient (Wildman–Crippen LogP) is 5.30. The maximum absolute atomic E-state index is 12.8. The molecule has 1 aromatic carbocycles. The summed E-state index contributed by atoms with van der Waals surface area (Å²) in [6.45, 7) is 14.5. The Labute approximate surface area is 227 Å². The molecule has 2 aliphatic heterocycles.